The quantitative estimate of drug-likeness (QED) is 0.888. The van der Waals surface area contributed by atoms with Crippen molar-refractivity contribution in [2.45, 2.75) is 38.8 Å². The van der Waals surface area contributed by atoms with Crippen molar-refractivity contribution in [2.75, 3.05) is 20.2 Å². The molecule has 100 valence electrons. The number of piperidine rings is 1. The van der Waals surface area contributed by atoms with Gasteiger partial charge >= 0.3 is 0 Å². The Kier molecular flexibility index (Phi) is 4.61. The van der Waals surface area contributed by atoms with E-state index in [-0.39, 0.29) is 6.10 Å². The zero-order valence-electron chi connectivity index (χ0n) is 11.4. The van der Waals surface area contributed by atoms with Crippen molar-refractivity contribution in [3.63, 3.8) is 0 Å². The van der Waals surface area contributed by atoms with Gasteiger partial charge < -0.3 is 9.84 Å². The molecule has 1 N–H and O–H groups in total. The molecule has 1 aliphatic heterocycles. The Balaban J connectivity index is 2.11. The summed E-state index contributed by atoms with van der Waals surface area (Å²) >= 11 is 0. The maximum atomic E-state index is 9.71. The molecule has 3 nitrogen and oxygen atoms in total. The number of hydrogen-bond acceptors (Lipinski definition) is 3. The van der Waals surface area contributed by atoms with Gasteiger partial charge in [-0.05, 0) is 37.4 Å². The van der Waals surface area contributed by atoms with Gasteiger partial charge in [-0.25, -0.2) is 0 Å². The van der Waals surface area contributed by atoms with Crippen molar-refractivity contribution < 1.29 is 9.84 Å². The molecule has 3 heteroatoms. The number of aliphatic hydroxyl groups excluding tert-OH is 1. The number of rotatable bonds is 4. The van der Waals surface area contributed by atoms with E-state index in [2.05, 4.69) is 30.0 Å². The third-order valence-electron chi connectivity index (χ3n) is 3.63. The molecule has 0 bridgehead atoms. The number of aliphatic hydroxyl groups is 1. The standard InChI is InChI=1S/C15H23NO2/c1-3-12-6-7-15(18-2)13(9-12)10-16-8-4-5-14(17)11-16/h6-7,9,14,17H,3-5,8,10-11H2,1-2H3. The van der Waals surface area contributed by atoms with Crippen molar-refractivity contribution in [3.8, 4) is 5.75 Å². The van der Waals surface area contributed by atoms with E-state index in [0.29, 0.717) is 0 Å². The summed E-state index contributed by atoms with van der Waals surface area (Å²) < 4.78 is 5.42. The predicted molar refractivity (Wildman–Crippen MR) is 72.9 cm³/mol. The van der Waals surface area contributed by atoms with E-state index in [1.54, 1.807) is 7.11 Å². The van der Waals surface area contributed by atoms with Crippen LogP contribution in [0.4, 0.5) is 0 Å². The fourth-order valence-electron chi connectivity index (χ4n) is 2.59. The first-order chi connectivity index (χ1) is 8.72. The average Bonchev–Trinajstić information content (AvgIpc) is 2.38. The Labute approximate surface area is 109 Å². The molecule has 0 spiro atoms. The molecule has 0 aromatic heterocycles. The van der Waals surface area contributed by atoms with E-state index in [4.69, 9.17) is 4.74 Å². The summed E-state index contributed by atoms with van der Waals surface area (Å²) in [5, 5.41) is 9.71. The normalized spacial score (nSPS) is 20.9. The number of aryl methyl sites for hydroxylation is 1. The second-order valence-corrected chi connectivity index (χ2v) is 5.03. The molecule has 2 rings (SSSR count). The Hall–Kier alpha value is -1.06. The Morgan fingerprint density at radius 2 is 2.28 bits per heavy atom. The van der Waals surface area contributed by atoms with Crippen molar-refractivity contribution in [2.24, 2.45) is 0 Å². The molecule has 1 unspecified atom stereocenters. The average molecular weight is 249 g/mol. The first kappa shape index (κ1) is 13.4. The molecule has 0 amide bonds. The van der Waals surface area contributed by atoms with Gasteiger partial charge in [0.1, 0.15) is 5.75 Å². The fourth-order valence-corrected chi connectivity index (χ4v) is 2.59. The Morgan fingerprint density at radius 1 is 1.44 bits per heavy atom. The van der Waals surface area contributed by atoms with Crippen molar-refractivity contribution in [1.82, 2.24) is 4.90 Å². The van der Waals surface area contributed by atoms with Crippen LogP contribution in [0, 0.1) is 0 Å². The fraction of sp³-hybridized carbons (Fsp3) is 0.600. The lowest BCUT2D eigenvalue weighted by atomic mass is 10.0. The largest absolute Gasteiger partial charge is 0.496 e. The molecule has 0 aliphatic carbocycles. The first-order valence-electron chi connectivity index (χ1n) is 6.79. The summed E-state index contributed by atoms with van der Waals surface area (Å²) in [4.78, 5) is 2.31. The van der Waals surface area contributed by atoms with Crippen molar-refractivity contribution in [3.05, 3.63) is 29.3 Å². The van der Waals surface area contributed by atoms with E-state index < -0.39 is 0 Å². The summed E-state index contributed by atoms with van der Waals surface area (Å²) in [6.45, 7) is 4.88. The number of β-amino-alcohol motifs (C(OH)–C–C–N with tert-alkyl or cyclic N) is 1. The zero-order chi connectivity index (χ0) is 13.0. The van der Waals surface area contributed by atoms with Gasteiger partial charge in [-0.3, -0.25) is 4.90 Å². The zero-order valence-corrected chi connectivity index (χ0v) is 11.4. The lowest BCUT2D eigenvalue weighted by Crippen LogP contribution is -2.37. The number of likely N-dealkylation sites (tertiary alicyclic amines) is 1. The molecule has 1 aliphatic rings. The van der Waals surface area contributed by atoms with Gasteiger partial charge in [-0.1, -0.05) is 19.1 Å². The number of nitrogens with zero attached hydrogens (tertiary/aromatic N) is 1. The second-order valence-electron chi connectivity index (χ2n) is 5.03. The van der Waals surface area contributed by atoms with Crippen LogP contribution in [-0.2, 0) is 13.0 Å². The highest BCUT2D eigenvalue weighted by atomic mass is 16.5. The minimum Gasteiger partial charge on any atom is -0.496 e. The summed E-state index contributed by atoms with van der Waals surface area (Å²) in [7, 11) is 1.72. The van der Waals surface area contributed by atoms with Crippen LogP contribution in [0.2, 0.25) is 0 Å². The van der Waals surface area contributed by atoms with Gasteiger partial charge in [0.15, 0.2) is 0 Å². The van der Waals surface area contributed by atoms with Crippen LogP contribution in [0.25, 0.3) is 0 Å². The molecule has 1 aromatic rings. The van der Waals surface area contributed by atoms with Crippen LogP contribution in [0.5, 0.6) is 5.75 Å². The van der Waals surface area contributed by atoms with Crippen LogP contribution in [0.15, 0.2) is 18.2 Å². The molecule has 1 fully saturated rings. The lowest BCUT2D eigenvalue weighted by molar-refractivity contribution is 0.0664. The van der Waals surface area contributed by atoms with E-state index in [9.17, 15) is 5.11 Å². The number of ether oxygens (including phenoxy) is 1. The molecular weight excluding hydrogens is 226 g/mol. The van der Waals surface area contributed by atoms with Gasteiger partial charge in [0.2, 0.25) is 0 Å². The minimum atomic E-state index is -0.167. The topological polar surface area (TPSA) is 32.7 Å². The van der Waals surface area contributed by atoms with Crippen LogP contribution < -0.4 is 4.74 Å². The second kappa shape index (κ2) is 6.21. The van der Waals surface area contributed by atoms with Crippen molar-refractivity contribution >= 4 is 0 Å². The number of benzene rings is 1. The summed E-state index contributed by atoms with van der Waals surface area (Å²) in [5.74, 6) is 0.951. The smallest absolute Gasteiger partial charge is 0.123 e. The highest BCUT2D eigenvalue weighted by Gasteiger charge is 2.18. The molecule has 1 heterocycles. The van der Waals surface area contributed by atoms with E-state index in [1.165, 1.54) is 11.1 Å². The van der Waals surface area contributed by atoms with E-state index >= 15 is 0 Å². The molecule has 18 heavy (non-hydrogen) atoms. The van der Waals surface area contributed by atoms with Gasteiger partial charge in [0.25, 0.3) is 0 Å². The van der Waals surface area contributed by atoms with Gasteiger partial charge in [-0.2, -0.15) is 0 Å². The molecule has 1 saturated heterocycles. The van der Waals surface area contributed by atoms with Gasteiger partial charge in [-0.15, -0.1) is 0 Å². The highest BCUT2D eigenvalue weighted by Crippen LogP contribution is 2.23. The maximum absolute atomic E-state index is 9.71. The summed E-state index contributed by atoms with van der Waals surface area (Å²) in [6, 6.07) is 6.39. The van der Waals surface area contributed by atoms with Crippen molar-refractivity contribution in [1.29, 1.82) is 0 Å². The number of methoxy groups -OCH3 is 1. The van der Waals surface area contributed by atoms with Crippen LogP contribution in [0.1, 0.15) is 30.9 Å². The molecular formula is C15H23NO2. The van der Waals surface area contributed by atoms with Crippen LogP contribution >= 0.6 is 0 Å². The molecule has 1 atom stereocenters. The Morgan fingerprint density at radius 3 is 2.94 bits per heavy atom. The van der Waals surface area contributed by atoms with E-state index in [1.807, 2.05) is 0 Å². The minimum absolute atomic E-state index is 0.167. The third kappa shape index (κ3) is 3.24. The maximum Gasteiger partial charge on any atom is 0.123 e. The molecule has 1 aromatic carbocycles. The summed E-state index contributed by atoms with van der Waals surface area (Å²) in [6.07, 6.45) is 2.89. The van der Waals surface area contributed by atoms with Crippen LogP contribution in [0.3, 0.4) is 0 Å². The lowest BCUT2D eigenvalue weighted by Gasteiger charge is -2.30. The van der Waals surface area contributed by atoms with Gasteiger partial charge in [0, 0.05) is 18.7 Å². The predicted octanol–water partition coefficient (Wildman–Crippen LogP) is 2.21. The van der Waals surface area contributed by atoms with Gasteiger partial charge in [0.05, 0.1) is 13.2 Å². The SMILES string of the molecule is CCc1ccc(OC)c(CN2CCCC(O)C2)c1. The molecule has 0 radical (unpaired) electrons. The summed E-state index contributed by atoms with van der Waals surface area (Å²) in [5.41, 5.74) is 2.56. The molecule has 0 saturated carbocycles. The first-order valence-corrected chi connectivity index (χ1v) is 6.79. The monoisotopic (exact) mass is 249 g/mol. The Bertz CT molecular complexity index is 392. The van der Waals surface area contributed by atoms with Crippen LogP contribution in [-0.4, -0.2) is 36.3 Å². The highest BCUT2D eigenvalue weighted by molar-refractivity contribution is 5.37. The van der Waals surface area contributed by atoms with E-state index in [0.717, 1.165) is 44.6 Å². The number of hydrogen-bond donors (Lipinski definition) is 1. The third-order valence-corrected chi connectivity index (χ3v) is 3.63.